The van der Waals surface area contributed by atoms with Crippen LogP contribution in [0.25, 0.3) is 10.8 Å². The molecule has 0 aromatic heterocycles. The monoisotopic (exact) mass is 241 g/mol. The van der Waals surface area contributed by atoms with Crippen molar-refractivity contribution >= 4 is 22.6 Å². The van der Waals surface area contributed by atoms with Crippen LogP contribution in [0.4, 0.5) is 0 Å². The van der Waals surface area contributed by atoms with E-state index in [1.807, 2.05) is 12.1 Å². The van der Waals surface area contributed by atoms with Crippen molar-refractivity contribution in [2.24, 2.45) is 0 Å². The molecule has 0 unspecified atom stereocenters. The van der Waals surface area contributed by atoms with Crippen LogP contribution >= 0.6 is 0 Å². The Labute approximate surface area is 104 Å². The van der Waals surface area contributed by atoms with Crippen LogP contribution in [0.2, 0.25) is 0 Å². The molecule has 90 valence electrons. The Morgan fingerprint density at radius 1 is 1.00 bits per heavy atom. The van der Waals surface area contributed by atoms with Crippen molar-refractivity contribution in [3.8, 4) is 0 Å². The van der Waals surface area contributed by atoms with E-state index in [-0.39, 0.29) is 6.61 Å². The summed E-state index contributed by atoms with van der Waals surface area (Å²) < 4.78 is 0. The molecule has 0 saturated carbocycles. The topological polar surface area (TPSA) is 46.6 Å². The largest absolute Gasteiger partial charge is 0.285 e. The van der Waals surface area contributed by atoms with Gasteiger partial charge in [0.15, 0.2) is 0 Å². The van der Waals surface area contributed by atoms with E-state index in [4.69, 9.17) is 4.84 Å². The van der Waals surface area contributed by atoms with Crippen LogP contribution in [0.15, 0.2) is 36.4 Å². The number of carbonyl (C=O) groups is 2. The standard InChI is InChI=1S/C14H11NO3/c1-2-18-15-13(16)10-7-3-5-9-6-4-8-11(12(9)10)14(15)17/h3-8H,2H2,1H3. The highest BCUT2D eigenvalue weighted by Gasteiger charge is 2.33. The van der Waals surface area contributed by atoms with E-state index >= 15 is 0 Å². The molecule has 0 spiro atoms. The predicted molar refractivity (Wildman–Crippen MR) is 66.1 cm³/mol. The maximum atomic E-state index is 12.2. The molecule has 2 amide bonds. The quantitative estimate of drug-likeness (QED) is 0.758. The van der Waals surface area contributed by atoms with Crippen LogP contribution in [0, 0.1) is 0 Å². The summed E-state index contributed by atoms with van der Waals surface area (Å²) in [5.41, 5.74) is 1.02. The van der Waals surface area contributed by atoms with E-state index in [1.54, 1.807) is 31.2 Å². The molecular formula is C14H11NO3. The van der Waals surface area contributed by atoms with Gasteiger partial charge in [-0.1, -0.05) is 24.3 Å². The molecular weight excluding hydrogens is 230 g/mol. The highest BCUT2D eigenvalue weighted by Crippen LogP contribution is 2.29. The highest BCUT2D eigenvalue weighted by atomic mass is 16.7. The summed E-state index contributed by atoms with van der Waals surface area (Å²) in [5.74, 6) is -0.794. The molecule has 0 radical (unpaired) electrons. The molecule has 1 aliphatic rings. The second-order valence-corrected chi connectivity index (χ2v) is 4.03. The Morgan fingerprint density at radius 2 is 1.56 bits per heavy atom. The zero-order chi connectivity index (χ0) is 12.7. The molecule has 0 N–H and O–H groups in total. The minimum atomic E-state index is -0.397. The maximum absolute atomic E-state index is 12.2. The van der Waals surface area contributed by atoms with Crippen molar-refractivity contribution in [2.45, 2.75) is 6.92 Å². The van der Waals surface area contributed by atoms with Gasteiger partial charge in [-0.2, -0.15) is 0 Å². The van der Waals surface area contributed by atoms with Crippen molar-refractivity contribution < 1.29 is 14.4 Å². The van der Waals surface area contributed by atoms with Gasteiger partial charge in [0.2, 0.25) is 0 Å². The molecule has 4 heteroatoms. The molecule has 1 heterocycles. The third kappa shape index (κ3) is 1.36. The normalized spacial score (nSPS) is 14.4. The molecule has 0 saturated heterocycles. The van der Waals surface area contributed by atoms with Crippen LogP contribution in [-0.4, -0.2) is 23.5 Å². The second kappa shape index (κ2) is 3.92. The lowest BCUT2D eigenvalue weighted by molar-refractivity contribution is -0.0903. The first-order chi connectivity index (χ1) is 8.74. The fourth-order valence-corrected chi connectivity index (χ4v) is 2.25. The Morgan fingerprint density at radius 3 is 2.06 bits per heavy atom. The molecule has 2 aromatic rings. The van der Waals surface area contributed by atoms with Crippen LogP contribution in [0.5, 0.6) is 0 Å². The maximum Gasteiger partial charge on any atom is 0.285 e. The lowest BCUT2D eigenvalue weighted by Crippen LogP contribution is -2.40. The first kappa shape index (κ1) is 10.9. The fraction of sp³-hybridized carbons (Fsp3) is 0.143. The van der Waals surface area contributed by atoms with Gasteiger partial charge in [0.25, 0.3) is 11.8 Å². The first-order valence-electron chi connectivity index (χ1n) is 5.77. The van der Waals surface area contributed by atoms with E-state index in [0.717, 1.165) is 10.4 Å². The Hall–Kier alpha value is -2.20. The molecule has 4 nitrogen and oxygen atoms in total. The molecule has 1 aliphatic heterocycles. The van der Waals surface area contributed by atoms with E-state index in [0.29, 0.717) is 16.5 Å². The van der Waals surface area contributed by atoms with Crippen LogP contribution in [0.1, 0.15) is 27.6 Å². The lowest BCUT2D eigenvalue weighted by atomic mass is 9.95. The first-order valence-corrected chi connectivity index (χ1v) is 5.77. The Kier molecular flexibility index (Phi) is 2.38. The van der Waals surface area contributed by atoms with Crippen molar-refractivity contribution in [1.82, 2.24) is 5.06 Å². The number of imide groups is 1. The van der Waals surface area contributed by atoms with Gasteiger partial charge in [0, 0.05) is 5.39 Å². The van der Waals surface area contributed by atoms with E-state index < -0.39 is 11.8 Å². The fourth-order valence-electron chi connectivity index (χ4n) is 2.25. The molecule has 2 aromatic carbocycles. The second-order valence-electron chi connectivity index (χ2n) is 4.03. The van der Waals surface area contributed by atoms with Crippen LogP contribution < -0.4 is 0 Å². The summed E-state index contributed by atoms with van der Waals surface area (Å²) in [6, 6.07) is 10.8. The van der Waals surface area contributed by atoms with Crippen molar-refractivity contribution in [2.75, 3.05) is 6.61 Å². The summed E-state index contributed by atoms with van der Waals surface area (Å²) in [5, 5.41) is 2.45. The minimum Gasteiger partial charge on any atom is -0.266 e. The third-order valence-corrected chi connectivity index (χ3v) is 2.99. The van der Waals surface area contributed by atoms with E-state index in [9.17, 15) is 9.59 Å². The third-order valence-electron chi connectivity index (χ3n) is 2.99. The van der Waals surface area contributed by atoms with E-state index in [1.165, 1.54) is 0 Å². The highest BCUT2D eigenvalue weighted by molar-refractivity contribution is 6.24. The summed E-state index contributed by atoms with van der Waals surface area (Å²) in [4.78, 5) is 29.5. The minimum absolute atomic E-state index is 0.273. The molecule has 0 aliphatic carbocycles. The summed E-state index contributed by atoms with van der Waals surface area (Å²) in [6.07, 6.45) is 0. The summed E-state index contributed by atoms with van der Waals surface area (Å²) >= 11 is 0. The summed E-state index contributed by atoms with van der Waals surface area (Å²) in [6.45, 7) is 2.01. The Bertz CT molecular complexity index is 612. The number of carbonyl (C=O) groups excluding carboxylic acids is 2. The number of hydrogen-bond donors (Lipinski definition) is 0. The summed E-state index contributed by atoms with van der Waals surface area (Å²) in [7, 11) is 0. The number of nitrogens with zero attached hydrogens (tertiary/aromatic N) is 1. The van der Waals surface area contributed by atoms with Crippen LogP contribution in [-0.2, 0) is 4.84 Å². The smallest absolute Gasteiger partial charge is 0.266 e. The predicted octanol–water partition coefficient (Wildman–Crippen LogP) is 2.39. The number of amides is 2. The van der Waals surface area contributed by atoms with Gasteiger partial charge in [0.05, 0.1) is 17.7 Å². The zero-order valence-corrected chi connectivity index (χ0v) is 9.84. The average molecular weight is 241 g/mol. The molecule has 0 atom stereocenters. The van der Waals surface area contributed by atoms with Crippen molar-refractivity contribution in [3.05, 3.63) is 47.5 Å². The number of hydrogen-bond acceptors (Lipinski definition) is 3. The molecule has 3 rings (SSSR count). The van der Waals surface area contributed by atoms with Gasteiger partial charge in [-0.3, -0.25) is 14.4 Å². The van der Waals surface area contributed by atoms with Gasteiger partial charge >= 0.3 is 0 Å². The number of benzene rings is 2. The van der Waals surface area contributed by atoms with Crippen molar-refractivity contribution in [1.29, 1.82) is 0 Å². The SMILES string of the molecule is CCON1C(=O)c2cccc3cccc(c23)C1=O. The molecule has 18 heavy (non-hydrogen) atoms. The van der Waals surface area contributed by atoms with Gasteiger partial charge in [0.1, 0.15) is 0 Å². The number of rotatable bonds is 2. The van der Waals surface area contributed by atoms with E-state index in [2.05, 4.69) is 0 Å². The van der Waals surface area contributed by atoms with Crippen LogP contribution in [0.3, 0.4) is 0 Å². The van der Waals surface area contributed by atoms with Gasteiger partial charge < -0.3 is 0 Å². The lowest BCUT2D eigenvalue weighted by Gasteiger charge is -2.25. The molecule has 0 fully saturated rings. The zero-order valence-electron chi connectivity index (χ0n) is 9.84. The van der Waals surface area contributed by atoms with Crippen molar-refractivity contribution in [3.63, 3.8) is 0 Å². The Balaban J connectivity index is 2.32. The average Bonchev–Trinajstić information content (AvgIpc) is 2.40. The van der Waals surface area contributed by atoms with Gasteiger partial charge in [-0.15, -0.1) is 5.06 Å². The molecule has 0 bridgehead atoms. The van der Waals surface area contributed by atoms with Gasteiger partial charge in [-0.25, -0.2) is 0 Å². The van der Waals surface area contributed by atoms with Gasteiger partial charge in [-0.05, 0) is 24.4 Å². The number of hydroxylamine groups is 2.